The number of alkyl carbamates (subject to hydrolysis) is 1. The quantitative estimate of drug-likeness (QED) is 0.733. The Labute approximate surface area is 125 Å². The molecule has 0 bridgehead atoms. The Balaban J connectivity index is 2.02. The summed E-state index contributed by atoms with van der Waals surface area (Å²) in [5, 5.41) is 2.33. The molecule has 0 saturated heterocycles. The maximum atomic E-state index is 13.2. The Hall–Kier alpha value is -1.34. The molecular weight excluding hydrogens is 333 g/mol. The number of nitrogens with one attached hydrogen (secondary N) is 1. The second kappa shape index (κ2) is 9.55. The normalized spacial score (nSPS) is 10.2. The van der Waals surface area contributed by atoms with Crippen molar-refractivity contribution in [3.8, 4) is 5.75 Å². The average molecular weight is 350 g/mol. The topological polar surface area (TPSA) is 56.8 Å². The lowest BCUT2D eigenvalue weighted by molar-refractivity contribution is 0.0678. The number of amides is 1. The zero-order valence-electron chi connectivity index (χ0n) is 11.2. The van der Waals surface area contributed by atoms with Crippen LogP contribution < -0.4 is 10.1 Å². The third-order valence-electron chi connectivity index (χ3n) is 2.26. The third kappa shape index (κ3) is 6.72. The van der Waals surface area contributed by atoms with Crippen LogP contribution in [0.25, 0.3) is 0 Å². The lowest BCUT2D eigenvalue weighted by Crippen LogP contribution is -2.21. The van der Waals surface area contributed by atoms with Crippen LogP contribution in [-0.4, -0.2) is 39.6 Å². The lowest BCUT2D eigenvalue weighted by atomic mass is 10.3. The molecule has 0 aliphatic heterocycles. The Morgan fingerprint density at radius 1 is 1.30 bits per heavy atom. The first-order valence-electron chi connectivity index (χ1n) is 6.13. The Kier molecular flexibility index (Phi) is 7.98. The molecule has 7 heteroatoms. The van der Waals surface area contributed by atoms with Crippen molar-refractivity contribution in [2.24, 2.45) is 0 Å². The van der Waals surface area contributed by atoms with Crippen LogP contribution in [0.1, 0.15) is 6.42 Å². The Bertz CT molecular complexity index is 431. The first-order chi connectivity index (χ1) is 9.63. The van der Waals surface area contributed by atoms with E-state index in [-0.39, 0.29) is 12.4 Å². The molecule has 0 aromatic heterocycles. The predicted octanol–water partition coefficient (Wildman–Crippen LogP) is 2.73. The first-order valence-corrected chi connectivity index (χ1v) is 6.93. The summed E-state index contributed by atoms with van der Waals surface area (Å²) in [5.74, 6) is 0.124. The van der Waals surface area contributed by atoms with Crippen molar-refractivity contribution < 1.29 is 23.4 Å². The molecule has 0 aliphatic carbocycles. The number of hydrogen-bond donors (Lipinski definition) is 1. The van der Waals surface area contributed by atoms with Crippen LogP contribution in [0.15, 0.2) is 22.7 Å². The summed E-state index contributed by atoms with van der Waals surface area (Å²) < 4.78 is 28.9. The molecule has 0 heterocycles. The maximum Gasteiger partial charge on any atom is 0.406 e. The number of hydrogen-bond acceptors (Lipinski definition) is 4. The van der Waals surface area contributed by atoms with Crippen LogP contribution in [0.4, 0.5) is 9.18 Å². The standard InChI is InChI=1S/C13H17BrFNO4/c1-16-13(17)20-8-7-18-5-2-6-19-10-3-4-11(14)12(15)9-10/h3-4,9H,2,5-8H2,1H3,(H,16,17). The molecule has 0 aliphatic rings. The molecule has 0 spiro atoms. The van der Waals surface area contributed by atoms with Crippen LogP contribution in [0, 0.1) is 5.82 Å². The molecular formula is C13H17BrFNO4. The molecule has 0 unspecified atom stereocenters. The highest BCUT2D eigenvalue weighted by Gasteiger charge is 2.01. The van der Waals surface area contributed by atoms with Crippen molar-refractivity contribution in [2.45, 2.75) is 6.42 Å². The van der Waals surface area contributed by atoms with Gasteiger partial charge in [0.25, 0.3) is 0 Å². The van der Waals surface area contributed by atoms with Crippen LogP contribution >= 0.6 is 15.9 Å². The van der Waals surface area contributed by atoms with Crippen LogP contribution in [-0.2, 0) is 9.47 Å². The first kappa shape index (κ1) is 16.7. The molecule has 0 saturated carbocycles. The molecule has 1 aromatic carbocycles. The Morgan fingerprint density at radius 3 is 2.80 bits per heavy atom. The van der Waals surface area contributed by atoms with Gasteiger partial charge in [-0.05, 0) is 28.1 Å². The van der Waals surface area contributed by atoms with Crippen LogP contribution in [0.5, 0.6) is 5.75 Å². The minimum Gasteiger partial charge on any atom is -0.493 e. The van der Waals surface area contributed by atoms with E-state index in [9.17, 15) is 9.18 Å². The molecule has 1 aromatic rings. The highest BCUT2D eigenvalue weighted by molar-refractivity contribution is 9.10. The smallest absolute Gasteiger partial charge is 0.406 e. The second-order valence-corrected chi connectivity index (χ2v) is 4.63. The van der Waals surface area contributed by atoms with Crippen molar-refractivity contribution in [1.82, 2.24) is 5.32 Å². The van der Waals surface area contributed by atoms with Crippen LogP contribution in [0.2, 0.25) is 0 Å². The maximum absolute atomic E-state index is 13.2. The van der Waals surface area contributed by atoms with Crippen molar-refractivity contribution >= 4 is 22.0 Å². The summed E-state index contributed by atoms with van der Waals surface area (Å²) in [4.78, 5) is 10.7. The molecule has 1 rings (SSSR count). The molecule has 1 amide bonds. The molecule has 5 nitrogen and oxygen atoms in total. The number of carbonyl (C=O) groups is 1. The SMILES string of the molecule is CNC(=O)OCCOCCCOc1ccc(Br)c(F)c1. The van der Waals surface area contributed by atoms with Gasteiger partial charge in [0.2, 0.25) is 0 Å². The number of rotatable bonds is 8. The van der Waals surface area contributed by atoms with Gasteiger partial charge < -0.3 is 19.5 Å². The summed E-state index contributed by atoms with van der Waals surface area (Å²) in [5.41, 5.74) is 0. The van der Waals surface area contributed by atoms with Gasteiger partial charge >= 0.3 is 6.09 Å². The van der Waals surface area contributed by atoms with Gasteiger partial charge in [-0.25, -0.2) is 9.18 Å². The average Bonchev–Trinajstić information content (AvgIpc) is 2.45. The minimum atomic E-state index is -0.478. The summed E-state index contributed by atoms with van der Waals surface area (Å²) in [6, 6.07) is 4.60. The summed E-state index contributed by atoms with van der Waals surface area (Å²) in [6.07, 6.45) is 0.187. The molecule has 112 valence electrons. The van der Waals surface area contributed by atoms with Gasteiger partial charge in [-0.1, -0.05) is 0 Å². The third-order valence-corrected chi connectivity index (χ3v) is 2.90. The van der Waals surface area contributed by atoms with Gasteiger partial charge in [0.15, 0.2) is 0 Å². The van der Waals surface area contributed by atoms with Crippen LogP contribution in [0.3, 0.4) is 0 Å². The van der Waals surface area contributed by atoms with Gasteiger partial charge in [-0.15, -0.1) is 0 Å². The van der Waals surface area contributed by atoms with E-state index >= 15 is 0 Å². The van der Waals surface area contributed by atoms with Crippen molar-refractivity contribution in [3.05, 3.63) is 28.5 Å². The van der Waals surface area contributed by atoms with Gasteiger partial charge in [0.05, 0.1) is 17.7 Å². The molecule has 1 N–H and O–H groups in total. The van der Waals surface area contributed by atoms with E-state index in [1.165, 1.54) is 13.1 Å². The highest BCUT2D eigenvalue weighted by atomic mass is 79.9. The van der Waals surface area contributed by atoms with Gasteiger partial charge in [-0.3, -0.25) is 0 Å². The summed E-state index contributed by atoms with van der Waals surface area (Å²) >= 11 is 3.07. The van der Waals surface area contributed by atoms with Gasteiger partial charge in [0.1, 0.15) is 18.2 Å². The number of carbonyl (C=O) groups excluding carboxylic acids is 1. The van der Waals surface area contributed by atoms with E-state index in [1.54, 1.807) is 12.1 Å². The van der Waals surface area contributed by atoms with E-state index in [0.717, 1.165) is 0 Å². The fraction of sp³-hybridized carbons (Fsp3) is 0.462. The van der Waals surface area contributed by atoms with E-state index in [1.807, 2.05) is 0 Å². The molecule has 0 atom stereocenters. The lowest BCUT2D eigenvalue weighted by Gasteiger charge is -2.08. The second-order valence-electron chi connectivity index (χ2n) is 3.78. The monoisotopic (exact) mass is 349 g/mol. The zero-order valence-corrected chi connectivity index (χ0v) is 12.7. The highest BCUT2D eigenvalue weighted by Crippen LogP contribution is 2.20. The Morgan fingerprint density at radius 2 is 2.10 bits per heavy atom. The van der Waals surface area contributed by atoms with Crippen molar-refractivity contribution in [3.63, 3.8) is 0 Å². The van der Waals surface area contributed by atoms with E-state index in [0.29, 0.717) is 36.5 Å². The largest absolute Gasteiger partial charge is 0.493 e. The fourth-order valence-electron chi connectivity index (χ4n) is 1.29. The summed E-state index contributed by atoms with van der Waals surface area (Å²) in [6.45, 7) is 1.45. The molecule has 0 radical (unpaired) electrons. The van der Waals surface area contributed by atoms with Crippen molar-refractivity contribution in [1.29, 1.82) is 0 Å². The van der Waals surface area contributed by atoms with E-state index in [2.05, 4.69) is 21.2 Å². The van der Waals surface area contributed by atoms with Crippen molar-refractivity contribution in [2.75, 3.05) is 33.5 Å². The number of ether oxygens (including phenoxy) is 3. The fourth-order valence-corrected chi connectivity index (χ4v) is 1.53. The van der Waals surface area contributed by atoms with E-state index in [4.69, 9.17) is 14.2 Å². The molecule has 20 heavy (non-hydrogen) atoms. The van der Waals surface area contributed by atoms with Gasteiger partial charge in [-0.2, -0.15) is 0 Å². The van der Waals surface area contributed by atoms with E-state index < -0.39 is 6.09 Å². The van der Waals surface area contributed by atoms with Gasteiger partial charge in [0, 0.05) is 26.1 Å². The number of halogens is 2. The number of benzene rings is 1. The predicted molar refractivity (Wildman–Crippen MR) is 75.4 cm³/mol. The minimum absolute atomic E-state index is 0.207. The zero-order chi connectivity index (χ0) is 14.8. The molecule has 0 fully saturated rings. The summed E-state index contributed by atoms with van der Waals surface area (Å²) in [7, 11) is 1.49.